The van der Waals surface area contributed by atoms with Crippen LogP contribution >= 0.6 is 0 Å². The SMILES string of the molecule is CCS(=O)(=O)N[C@@H](C)[C@@H]1[C@H](F)CN1C(=O)[C@@H]1C[C@@]1(F)c1ccccc1-c1c(F)cccc1F. The monoisotopic (exact) mass is 484 g/mol. The molecule has 5 nitrogen and oxygen atoms in total. The van der Waals surface area contributed by atoms with Crippen molar-refractivity contribution in [1.82, 2.24) is 9.62 Å². The molecule has 1 amide bonds. The summed E-state index contributed by atoms with van der Waals surface area (Å²) in [5, 5.41) is 0. The van der Waals surface area contributed by atoms with Gasteiger partial charge in [-0.2, -0.15) is 0 Å². The van der Waals surface area contributed by atoms with Crippen LogP contribution in [0, 0.1) is 17.6 Å². The van der Waals surface area contributed by atoms with Crippen molar-refractivity contribution >= 4 is 15.9 Å². The summed E-state index contributed by atoms with van der Waals surface area (Å²) in [6.07, 6.45) is -1.66. The van der Waals surface area contributed by atoms with E-state index < -0.39 is 57.4 Å². The zero-order chi connectivity index (χ0) is 24.1. The molecule has 1 saturated heterocycles. The van der Waals surface area contributed by atoms with Crippen molar-refractivity contribution in [2.75, 3.05) is 12.3 Å². The Balaban J connectivity index is 1.58. The molecule has 2 fully saturated rings. The molecule has 2 aromatic rings. The van der Waals surface area contributed by atoms with Gasteiger partial charge >= 0.3 is 0 Å². The van der Waals surface area contributed by atoms with Crippen LogP contribution in [0.25, 0.3) is 11.1 Å². The van der Waals surface area contributed by atoms with E-state index in [1.54, 1.807) is 0 Å². The van der Waals surface area contributed by atoms with Gasteiger partial charge in [-0.15, -0.1) is 0 Å². The smallest absolute Gasteiger partial charge is 0.229 e. The third-order valence-electron chi connectivity index (χ3n) is 6.44. The standard InChI is InChI=1S/C23H24F4N2O3S/c1-3-33(31,32)28-13(2)21-19(26)12-29(21)22(30)16-11-23(16,27)15-8-5-4-7-14(15)20-17(24)9-6-10-18(20)25/h4-10,13,16,19,21,28H,3,11-12H2,1-2H3/t13-,16-,19+,21+,23+/m0/s1. The van der Waals surface area contributed by atoms with Gasteiger partial charge in [-0.3, -0.25) is 4.79 Å². The van der Waals surface area contributed by atoms with Crippen molar-refractivity contribution in [1.29, 1.82) is 0 Å². The van der Waals surface area contributed by atoms with Crippen molar-refractivity contribution in [3.63, 3.8) is 0 Å². The van der Waals surface area contributed by atoms with Gasteiger partial charge < -0.3 is 4.90 Å². The number of likely N-dealkylation sites (tertiary alicyclic amines) is 1. The Bertz CT molecular complexity index is 1170. The Morgan fingerprint density at radius 2 is 1.82 bits per heavy atom. The van der Waals surface area contributed by atoms with Gasteiger partial charge in [-0.25, -0.2) is 30.7 Å². The second-order valence-corrected chi connectivity index (χ2v) is 10.6. The van der Waals surface area contributed by atoms with Gasteiger partial charge in [0.25, 0.3) is 0 Å². The molecular weight excluding hydrogens is 460 g/mol. The number of carbonyl (C=O) groups excluding carboxylic acids is 1. The molecule has 1 heterocycles. The van der Waals surface area contributed by atoms with Crippen LogP contribution in [0.5, 0.6) is 0 Å². The fraction of sp³-hybridized carbons (Fsp3) is 0.435. The van der Waals surface area contributed by atoms with Crippen molar-refractivity contribution in [3.8, 4) is 11.1 Å². The maximum Gasteiger partial charge on any atom is 0.229 e. The molecule has 33 heavy (non-hydrogen) atoms. The van der Waals surface area contributed by atoms with E-state index in [9.17, 15) is 26.4 Å². The molecule has 4 rings (SSSR count). The molecule has 178 valence electrons. The van der Waals surface area contributed by atoms with Gasteiger partial charge in [0.1, 0.15) is 23.5 Å². The van der Waals surface area contributed by atoms with Crippen LogP contribution in [-0.4, -0.2) is 49.8 Å². The zero-order valence-electron chi connectivity index (χ0n) is 18.1. The van der Waals surface area contributed by atoms with E-state index >= 15 is 4.39 Å². The number of rotatable bonds is 7. The number of nitrogens with one attached hydrogen (secondary N) is 1. The van der Waals surface area contributed by atoms with E-state index in [0.29, 0.717) is 0 Å². The van der Waals surface area contributed by atoms with Gasteiger partial charge in [0, 0.05) is 12.5 Å². The Labute approximate surface area is 189 Å². The number of halogens is 4. The first-order chi connectivity index (χ1) is 15.5. The second kappa shape index (κ2) is 8.39. The maximum atomic E-state index is 15.9. The normalized spacial score (nSPS) is 27.7. The number of alkyl halides is 2. The van der Waals surface area contributed by atoms with E-state index in [4.69, 9.17) is 0 Å². The van der Waals surface area contributed by atoms with Crippen LogP contribution < -0.4 is 4.72 Å². The molecule has 1 aliphatic heterocycles. The number of nitrogens with zero attached hydrogens (tertiary/aromatic N) is 1. The lowest BCUT2D eigenvalue weighted by molar-refractivity contribution is -0.149. The first-order valence-electron chi connectivity index (χ1n) is 10.7. The largest absolute Gasteiger partial charge is 0.332 e. The highest BCUT2D eigenvalue weighted by Gasteiger charge is 2.64. The van der Waals surface area contributed by atoms with Crippen molar-refractivity contribution in [3.05, 3.63) is 59.7 Å². The summed E-state index contributed by atoms with van der Waals surface area (Å²) in [5.41, 5.74) is -2.54. The van der Waals surface area contributed by atoms with Gasteiger partial charge in [-0.05, 0) is 37.1 Å². The highest BCUT2D eigenvalue weighted by atomic mass is 32.2. The minimum Gasteiger partial charge on any atom is -0.332 e. The first kappa shape index (κ1) is 23.7. The van der Waals surface area contributed by atoms with E-state index in [2.05, 4.69) is 4.72 Å². The van der Waals surface area contributed by atoms with Crippen molar-refractivity contribution < 1.29 is 30.8 Å². The minimum absolute atomic E-state index is 0.0125. The molecule has 0 spiro atoms. The summed E-state index contributed by atoms with van der Waals surface area (Å²) < 4.78 is 85.0. The van der Waals surface area contributed by atoms with Crippen LogP contribution in [-0.2, 0) is 20.5 Å². The molecule has 0 bridgehead atoms. The Kier molecular flexibility index (Phi) is 6.03. The molecule has 0 unspecified atom stereocenters. The number of hydrogen-bond acceptors (Lipinski definition) is 3. The second-order valence-electron chi connectivity index (χ2n) is 8.57. The maximum absolute atomic E-state index is 15.9. The summed E-state index contributed by atoms with van der Waals surface area (Å²) in [4.78, 5) is 14.2. The fourth-order valence-electron chi connectivity index (χ4n) is 4.57. The van der Waals surface area contributed by atoms with Crippen LogP contribution in [0.1, 0.15) is 25.8 Å². The number of sulfonamides is 1. The Morgan fingerprint density at radius 1 is 1.18 bits per heavy atom. The lowest BCUT2D eigenvalue weighted by atomic mass is 9.91. The molecule has 5 atom stereocenters. The van der Waals surface area contributed by atoms with E-state index in [1.165, 1.54) is 44.2 Å². The van der Waals surface area contributed by atoms with Gasteiger partial charge in [-0.1, -0.05) is 30.3 Å². The van der Waals surface area contributed by atoms with Gasteiger partial charge in [0.2, 0.25) is 15.9 Å². The first-order valence-corrected chi connectivity index (χ1v) is 12.3. The predicted molar refractivity (Wildman–Crippen MR) is 115 cm³/mol. The van der Waals surface area contributed by atoms with Gasteiger partial charge in [0.05, 0.1) is 29.8 Å². The lowest BCUT2D eigenvalue weighted by Crippen LogP contribution is -2.68. The number of benzene rings is 2. The van der Waals surface area contributed by atoms with Crippen LogP contribution in [0.15, 0.2) is 42.5 Å². The Hall–Kier alpha value is -2.46. The average molecular weight is 485 g/mol. The van der Waals surface area contributed by atoms with Crippen LogP contribution in [0.4, 0.5) is 17.6 Å². The molecule has 1 aliphatic carbocycles. The topological polar surface area (TPSA) is 66.5 Å². The summed E-state index contributed by atoms with van der Waals surface area (Å²) in [7, 11) is -3.63. The fourth-order valence-corrected chi connectivity index (χ4v) is 5.44. The quantitative estimate of drug-likeness (QED) is 0.610. The molecule has 0 radical (unpaired) electrons. The molecule has 2 aromatic carbocycles. The third-order valence-corrected chi connectivity index (χ3v) is 7.93. The van der Waals surface area contributed by atoms with Crippen molar-refractivity contribution in [2.45, 2.75) is 44.2 Å². The molecular formula is C23H24F4N2O3S. The molecule has 2 aliphatic rings. The van der Waals surface area contributed by atoms with E-state index in [-0.39, 0.29) is 35.4 Å². The Morgan fingerprint density at radius 3 is 2.42 bits per heavy atom. The van der Waals surface area contributed by atoms with Crippen LogP contribution in [0.2, 0.25) is 0 Å². The third kappa shape index (κ3) is 4.14. The predicted octanol–water partition coefficient (Wildman–Crippen LogP) is 3.69. The summed E-state index contributed by atoms with van der Waals surface area (Å²) in [6.45, 7) is 2.62. The summed E-state index contributed by atoms with van der Waals surface area (Å²) in [5.74, 6) is -3.71. The number of amides is 1. The zero-order valence-corrected chi connectivity index (χ0v) is 18.9. The molecule has 1 saturated carbocycles. The highest BCUT2D eigenvalue weighted by Crippen LogP contribution is 2.59. The van der Waals surface area contributed by atoms with Crippen molar-refractivity contribution in [2.24, 2.45) is 5.92 Å². The van der Waals surface area contributed by atoms with Gasteiger partial charge in [0.15, 0.2) is 0 Å². The summed E-state index contributed by atoms with van der Waals surface area (Å²) >= 11 is 0. The highest BCUT2D eigenvalue weighted by molar-refractivity contribution is 7.89. The lowest BCUT2D eigenvalue weighted by Gasteiger charge is -2.47. The number of hydrogen-bond donors (Lipinski definition) is 1. The van der Waals surface area contributed by atoms with E-state index in [1.807, 2.05) is 0 Å². The summed E-state index contributed by atoms with van der Waals surface area (Å²) in [6, 6.07) is 7.22. The van der Waals surface area contributed by atoms with E-state index in [0.717, 1.165) is 17.0 Å². The minimum atomic E-state index is -3.63. The molecule has 0 aromatic heterocycles. The molecule has 1 N–H and O–H groups in total. The molecule has 10 heteroatoms. The average Bonchev–Trinajstić information content (AvgIpc) is 3.44. The number of carbonyl (C=O) groups is 1. The van der Waals surface area contributed by atoms with Crippen LogP contribution in [0.3, 0.4) is 0 Å².